The lowest BCUT2D eigenvalue weighted by molar-refractivity contribution is 0.0515. The van der Waals surface area contributed by atoms with Gasteiger partial charge in [0.05, 0.1) is 0 Å². The van der Waals surface area contributed by atoms with Gasteiger partial charge in [-0.25, -0.2) is 19.2 Å². The molecule has 1 aliphatic rings. The Labute approximate surface area is 434 Å². The molecule has 0 radical (unpaired) electrons. The van der Waals surface area contributed by atoms with Gasteiger partial charge in [-0.15, -0.1) is 0 Å². The lowest BCUT2D eigenvalue weighted by atomic mass is 10.1. The van der Waals surface area contributed by atoms with Crippen molar-refractivity contribution in [2.24, 2.45) is 0 Å². The van der Waals surface area contributed by atoms with Crippen molar-refractivity contribution in [3.05, 3.63) is 0 Å². The van der Waals surface area contributed by atoms with Gasteiger partial charge in [0.15, 0.2) is 0 Å². The number of ether oxygens (including phenoxy) is 4. The van der Waals surface area contributed by atoms with Crippen LogP contribution in [0.25, 0.3) is 0 Å². The first kappa shape index (κ1) is 65.9. The minimum atomic E-state index is -0.491. The van der Waals surface area contributed by atoms with Crippen LogP contribution in [0, 0.1) is 0 Å². The van der Waals surface area contributed by atoms with E-state index in [4.69, 9.17) is 18.9 Å². The van der Waals surface area contributed by atoms with Gasteiger partial charge in [-0.3, -0.25) is 0 Å². The fourth-order valence-electron chi connectivity index (χ4n) is 8.45. The molecule has 0 aromatic rings. The van der Waals surface area contributed by atoms with Crippen LogP contribution in [0.2, 0.25) is 0 Å². The zero-order valence-corrected chi connectivity index (χ0v) is 47.8. The van der Waals surface area contributed by atoms with Crippen LogP contribution in [-0.4, -0.2) is 171 Å². The average Bonchev–Trinajstić information content (AvgIpc) is 3.23. The Balaban J connectivity index is 2.95. The normalized spacial score (nSPS) is 16.1. The second-order valence-corrected chi connectivity index (χ2v) is 23.8. The van der Waals surface area contributed by atoms with Crippen LogP contribution in [0.5, 0.6) is 0 Å². The predicted octanol–water partition coefficient (Wildman–Crippen LogP) is 10.7. The van der Waals surface area contributed by atoms with Crippen molar-refractivity contribution < 1.29 is 38.1 Å². The lowest BCUT2D eigenvalue weighted by Gasteiger charge is -2.29. The van der Waals surface area contributed by atoms with Gasteiger partial charge in [-0.1, -0.05) is 51.4 Å². The molecule has 1 fully saturated rings. The summed E-state index contributed by atoms with van der Waals surface area (Å²) < 4.78 is 21.6. The van der Waals surface area contributed by atoms with E-state index in [9.17, 15) is 19.2 Å². The van der Waals surface area contributed by atoms with E-state index in [2.05, 4.69) is 40.9 Å². The maximum atomic E-state index is 12.1. The third kappa shape index (κ3) is 44.2. The molecule has 0 aromatic heterocycles. The summed E-state index contributed by atoms with van der Waals surface area (Å²) in [6, 6.07) is 0. The quantitative estimate of drug-likeness (QED) is 0.0434. The molecule has 1 aliphatic heterocycles. The van der Waals surface area contributed by atoms with Crippen molar-refractivity contribution in [2.75, 3.05) is 105 Å². The lowest BCUT2D eigenvalue weighted by Crippen LogP contribution is -2.38. The molecule has 1 heterocycles. The van der Waals surface area contributed by atoms with Gasteiger partial charge in [0.2, 0.25) is 0 Å². The van der Waals surface area contributed by atoms with Crippen molar-refractivity contribution in [1.29, 1.82) is 0 Å². The zero-order chi connectivity index (χ0) is 53.0. The number of nitrogens with one attached hydrogen (secondary N) is 4. The number of hydrogen-bond acceptors (Lipinski definition) is 12. The van der Waals surface area contributed by atoms with Gasteiger partial charge in [0.25, 0.3) is 0 Å². The first-order valence-electron chi connectivity index (χ1n) is 28.2. The Bertz CT molecular complexity index is 1290. The van der Waals surface area contributed by atoms with Crippen LogP contribution in [0.4, 0.5) is 19.2 Å². The predicted molar refractivity (Wildman–Crippen MR) is 290 cm³/mol. The molecule has 0 aromatic carbocycles. The SMILES string of the molecule is CC(C)(C)OC(=O)NCCCCCCN1CCCN(CCCCCCNC(=O)OC(C)(C)C)CCCN(CCCCCCNC(=O)OC(C)(C)C)CCN(CCCCCCNC(=O)OC(C)(C)C)CCC1. The number of hydrogen-bond donors (Lipinski definition) is 4. The summed E-state index contributed by atoms with van der Waals surface area (Å²) >= 11 is 0. The Hall–Kier alpha value is -3.08. The van der Waals surface area contributed by atoms with Gasteiger partial charge in [-0.2, -0.15) is 0 Å². The Kier molecular flexibility index (Phi) is 34.9. The molecule has 4 N–H and O–H groups in total. The third-order valence-corrected chi connectivity index (χ3v) is 11.9. The highest BCUT2D eigenvalue weighted by Crippen LogP contribution is 2.13. The van der Waals surface area contributed by atoms with Crippen molar-refractivity contribution >= 4 is 24.4 Å². The second kappa shape index (κ2) is 37.6. The van der Waals surface area contributed by atoms with E-state index in [1.54, 1.807) is 0 Å². The smallest absolute Gasteiger partial charge is 0.407 e. The molecule has 418 valence electrons. The maximum Gasteiger partial charge on any atom is 0.407 e. The molecule has 0 saturated carbocycles. The van der Waals surface area contributed by atoms with E-state index >= 15 is 0 Å². The number of amides is 4. The van der Waals surface area contributed by atoms with E-state index in [0.717, 1.165) is 201 Å². The van der Waals surface area contributed by atoms with Crippen molar-refractivity contribution in [2.45, 2.75) is 227 Å². The Morgan fingerprint density at radius 2 is 0.479 bits per heavy atom. The number of carbonyl (C=O) groups is 4. The molecule has 0 unspecified atom stereocenters. The first-order valence-corrected chi connectivity index (χ1v) is 28.2. The molecule has 71 heavy (non-hydrogen) atoms. The fourth-order valence-corrected chi connectivity index (χ4v) is 8.45. The Morgan fingerprint density at radius 3 is 0.676 bits per heavy atom. The van der Waals surface area contributed by atoms with E-state index in [-0.39, 0.29) is 24.4 Å². The number of carbonyl (C=O) groups excluding carboxylic acids is 4. The summed E-state index contributed by atoms with van der Waals surface area (Å²) in [7, 11) is 0. The number of alkyl carbamates (subject to hydrolysis) is 4. The summed E-state index contributed by atoms with van der Waals surface area (Å²) in [5.41, 5.74) is -1.96. The van der Waals surface area contributed by atoms with Gasteiger partial charge in [0, 0.05) is 39.3 Å². The number of nitrogens with zero attached hydrogens (tertiary/aromatic N) is 4. The number of rotatable bonds is 28. The zero-order valence-electron chi connectivity index (χ0n) is 47.8. The fraction of sp³-hybridized carbons (Fsp3) is 0.927. The van der Waals surface area contributed by atoms with Gasteiger partial charge in [0.1, 0.15) is 22.4 Å². The van der Waals surface area contributed by atoms with Crippen LogP contribution >= 0.6 is 0 Å². The molecule has 4 amide bonds. The largest absolute Gasteiger partial charge is 0.444 e. The molecule has 16 nitrogen and oxygen atoms in total. The molecule has 0 aliphatic carbocycles. The monoisotopic (exact) mass is 1010 g/mol. The highest BCUT2D eigenvalue weighted by atomic mass is 16.6. The molecule has 0 bridgehead atoms. The highest BCUT2D eigenvalue weighted by Gasteiger charge is 2.19. The summed E-state index contributed by atoms with van der Waals surface area (Å²) in [6.07, 6.45) is 19.4. The molecule has 16 heteroatoms. The highest BCUT2D eigenvalue weighted by molar-refractivity contribution is 5.68. The summed E-state index contributed by atoms with van der Waals surface area (Å²) in [5, 5.41) is 11.6. The summed E-state index contributed by atoms with van der Waals surface area (Å²) in [4.78, 5) is 59.3. The van der Waals surface area contributed by atoms with Crippen LogP contribution in [0.1, 0.15) is 205 Å². The standard InChI is InChI=1S/C55H110N8O8/c1-52(2,3)68-48(64)56-32-21-13-17-25-36-60-40-29-41-61(37-26-18-14-22-33-57-49(65)69-53(4,5)6)43-31-45-63(39-28-20-16-24-35-59-51(67)71-55(10,11)12)47-46-62(44-30-42-60)38-27-19-15-23-34-58-50(66)70-54(7,8)9/h13-47H2,1-12H3,(H,56,64)(H,57,65)(H,58,66)(H,59,67). The Morgan fingerprint density at radius 1 is 0.296 bits per heavy atom. The molecule has 1 rings (SSSR count). The molecule has 0 spiro atoms. The topological polar surface area (TPSA) is 166 Å². The van der Waals surface area contributed by atoms with Gasteiger partial charge >= 0.3 is 24.4 Å². The van der Waals surface area contributed by atoms with Crippen LogP contribution in [0.3, 0.4) is 0 Å². The molecular formula is C55H110N8O8. The molecule has 1 saturated heterocycles. The third-order valence-electron chi connectivity index (χ3n) is 11.9. The van der Waals surface area contributed by atoms with Gasteiger partial charge < -0.3 is 59.8 Å². The average molecular weight is 1010 g/mol. The minimum Gasteiger partial charge on any atom is -0.444 e. The van der Waals surface area contributed by atoms with Crippen LogP contribution in [-0.2, 0) is 18.9 Å². The van der Waals surface area contributed by atoms with Crippen molar-refractivity contribution in [3.63, 3.8) is 0 Å². The van der Waals surface area contributed by atoms with E-state index in [1.165, 1.54) is 0 Å². The van der Waals surface area contributed by atoms with E-state index in [1.807, 2.05) is 83.1 Å². The first-order chi connectivity index (χ1) is 33.4. The van der Waals surface area contributed by atoms with E-state index in [0.29, 0.717) is 26.2 Å². The summed E-state index contributed by atoms with van der Waals surface area (Å²) in [6.45, 7) is 38.3. The second-order valence-electron chi connectivity index (χ2n) is 23.8. The van der Waals surface area contributed by atoms with Crippen molar-refractivity contribution in [3.8, 4) is 0 Å². The van der Waals surface area contributed by atoms with Crippen LogP contribution < -0.4 is 21.3 Å². The maximum absolute atomic E-state index is 12.1. The van der Waals surface area contributed by atoms with Gasteiger partial charge in [-0.05, 0) is 219 Å². The number of unbranched alkanes of at least 4 members (excludes halogenated alkanes) is 12. The molecular weight excluding hydrogens is 901 g/mol. The van der Waals surface area contributed by atoms with Crippen LogP contribution in [0.15, 0.2) is 0 Å². The van der Waals surface area contributed by atoms with E-state index < -0.39 is 22.4 Å². The molecule has 0 atom stereocenters. The summed E-state index contributed by atoms with van der Waals surface area (Å²) in [5.74, 6) is 0. The minimum absolute atomic E-state index is 0.340. The van der Waals surface area contributed by atoms with Crippen molar-refractivity contribution in [1.82, 2.24) is 40.9 Å².